The second kappa shape index (κ2) is 5.51. The quantitative estimate of drug-likeness (QED) is 0.814. The summed E-state index contributed by atoms with van der Waals surface area (Å²) in [7, 11) is 1.79. The monoisotopic (exact) mass is 206 g/mol. The smallest absolute Gasteiger partial charge is 0.231 e. The van der Waals surface area contributed by atoms with Crippen molar-refractivity contribution < 1.29 is 4.79 Å². The van der Waals surface area contributed by atoms with Crippen molar-refractivity contribution in [1.82, 2.24) is 0 Å². The van der Waals surface area contributed by atoms with Gasteiger partial charge in [-0.15, -0.1) is 0 Å². The lowest BCUT2D eigenvalue weighted by Crippen LogP contribution is -2.36. The number of carbonyl (C=O) groups excluding carboxylic acids is 1. The third kappa shape index (κ3) is 2.80. The molecule has 0 fully saturated rings. The Morgan fingerprint density at radius 1 is 1.40 bits per heavy atom. The number of anilines is 1. The Hall–Kier alpha value is -1.35. The van der Waals surface area contributed by atoms with Crippen molar-refractivity contribution in [2.75, 3.05) is 18.5 Å². The van der Waals surface area contributed by atoms with Gasteiger partial charge in [0.15, 0.2) is 0 Å². The lowest BCUT2D eigenvalue weighted by atomic mass is 10.1. The molecule has 0 radical (unpaired) electrons. The van der Waals surface area contributed by atoms with Crippen LogP contribution in [0.5, 0.6) is 0 Å². The molecule has 15 heavy (non-hydrogen) atoms. The molecule has 0 saturated heterocycles. The highest BCUT2D eigenvalue weighted by atomic mass is 16.2. The van der Waals surface area contributed by atoms with E-state index in [9.17, 15) is 4.79 Å². The maximum atomic E-state index is 12.0. The van der Waals surface area contributed by atoms with E-state index in [-0.39, 0.29) is 11.8 Å². The van der Waals surface area contributed by atoms with Crippen LogP contribution in [0.25, 0.3) is 0 Å². The molecule has 1 amide bonds. The Morgan fingerprint density at radius 3 is 2.47 bits per heavy atom. The number of amides is 1. The molecule has 0 aromatic heterocycles. The van der Waals surface area contributed by atoms with E-state index in [1.807, 2.05) is 37.3 Å². The summed E-state index contributed by atoms with van der Waals surface area (Å²) in [5.74, 6) is 0.0152. The molecule has 82 valence electrons. The summed E-state index contributed by atoms with van der Waals surface area (Å²) in [5, 5.41) is 0. The molecule has 1 rings (SSSR count). The van der Waals surface area contributed by atoms with Crippen LogP contribution >= 0.6 is 0 Å². The van der Waals surface area contributed by atoms with E-state index in [2.05, 4.69) is 0 Å². The highest BCUT2D eigenvalue weighted by Gasteiger charge is 2.19. The summed E-state index contributed by atoms with van der Waals surface area (Å²) < 4.78 is 0. The van der Waals surface area contributed by atoms with Crippen molar-refractivity contribution in [3.05, 3.63) is 30.3 Å². The van der Waals surface area contributed by atoms with E-state index >= 15 is 0 Å². The fraction of sp³-hybridized carbons (Fsp3) is 0.417. The first-order chi connectivity index (χ1) is 7.20. The van der Waals surface area contributed by atoms with Crippen LogP contribution in [0.1, 0.15) is 13.3 Å². The Morgan fingerprint density at radius 2 is 2.00 bits per heavy atom. The van der Waals surface area contributed by atoms with Gasteiger partial charge in [-0.05, 0) is 18.6 Å². The molecular weight excluding hydrogens is 188 g/mol. The van der Waals surface area contributed by atoms with Crippen LogP contribution in [0.2, 0.25) is 0 Å². The molecule has 0 aliphatic heterocycles. The highest BCUT2D eigenvalue weighted by Crippen LogP contribution is 2.15. The highest BCUT2D eigenvalue weighted by molar-refractivity contribution is 5.94. The summed E-state index contributed by atoms with van der Waals surface area (Å²) in [5.41, 5.74) is 6.46. The first-order valence-corrected chi connectivity index (χ1v) is 5.23. The molecule has 0 saturated carbocycles. The normalized spacial score (nSPS) is 12.2. The van der Waals surface area contributed by atoms with Gasteiger partial charge in [-0.3, -0.25) is 4.79 Å². The summed E-state index contributed by atoms with van der Waals surface area (Å²) in [6.45, 7) is 2.39. The predicted molar refractivity (Wildman–Crippen MR) is 62.7 cm³/mol. The minimum absolute atomic E-state index is 0.0739. The molecule has 0 aliphatic rings. The lowest BCUT2D eigenvalue weighted by molar-refractivity contribution is -0.121. The van der Waals surface area contributed by atoms with E-state index in [0.717, 1.165) is 12.1 Å². The standard InChI is InChI=1S/C12H18N2O/c1-3-10(9-13)12(15)14(2)11-7-5-4-6-8-11/h4-8,10H,3,9,13H2,1-2H3. The Labute approximate surface area is 90.9 Å². The average molecular weight is 206 g/mol. The molecule has 2 N–H and O–H groups in total. The fourth-order valence-electron chi connectivity index (χ4n) is 1.49. The molecule has 1 unspecified atom stereocenters. The number of rotatable bonds is 4. The summed E-state index contributed by atoms with van der Waals surface area (Å²) >= 11 is 0. The number of para-hydroxylation sites is 1. The average Bonchev–Trinajstić information content (AvgIpc) is 2.30. The van der Waals surface area contributed by atoms with Gasteiger partial charge in [0.05, 0.1) is 5.92 Å². The van der Waals surface area contributed by atoms with E-state index in [1.54, 1.807) is 11.9 Å². The van der Waals surface area contributed by atoms with Crippen molar-refractivity contribution in [3.63, 3.8) is 0 Å². The number of carbonyl (C=O) groups is 1. The Bertz CT molecular complexity index is 307. The number of hydrogen-bond donors (Lipinski definition) is 1. The number of nitrogens with zero attached hydrogens (tertiary/aromatic N) is 1. The van der Waals surface area contributed by atoms with Gasteiger partial charge in [-0.2, -0.15) is 0 Å². The van der Waals surface area contributed by atoms with Crippen molar-refractivity contribution >= 4 is 11.6 Å². The van der Waals surface area contributed by atoms with Crippen LogP contribution in [0.3, 0.4) is 0 Å². The predicted octanol–water partition coefficient (Wildman–Crippen LogP) is 1.63. The van der Waals surface area contributed by atoms with E-state index in [4.69, 9.17) is 5.73 Å². The molecule has 3 nitrogen and oxygen atoms in total. The number of benzene rings is 1. The van der Waals surface area contributed by atoms with Gasteiger partial charge in [0, 0.05) is 19.3 Å². The summed E-state index contributed by atoms with van der Waals surface area (Å²) in [6.07, 6.45) is 0.784. The van der Waals surface area contributed by atoms with Crippen LogP contribution in [0.4, 0.5) is 5.69 Å². The van der Waals surface area contributed by atoms with E-state index < -0.39 is 0 Å². The lowest BCUT2D eigenvalue weighted by Gasteiger charge is -2.22. The van der Waals surface area contributed by atoms with Gasteiger partial charge in [0.2, 0.25) is 5.91 Å². The third-order valence-corrected chi connectivity index (χ3v) is 2.60. The topological polar surface area (TPSA) is 46.3 Å². The van der Waals surface area contributed by atoms with E-state index in [0.29, 0.717) is 6.54 Å². The van der Waals surface area contributed by atoms with E-state index in [1.165, 1.54) is 0 Å². The zero-order chi connectivity index (χ0) is 11.3. The van der Waals surface area contributed by atoms with Gasteiger partial charge in [-0.25, -0.2) is 0 Å². The molecule has 3 heteroatoms. The van der Waals surface area contributed by atoms with Crippen molar-refractivity contribution in [1.29, 1.82) is 0 Å². The maximum Gasteiger partial charge on any atom is 0.231 e. The minimum atomic E-state index is -0.0739. The number of nitrogens with two attached hydrogens (primary N) is 1. The van der Waals surface area contributed by atoms with Crippen LogP contribution in [-0.2, 0) is 4.79 Å². The molecular formula is C12H18N2O. The van der Waals surface area contributed by atoms with Crippen LogP contribution in [-0.4, -0.2) is 19.5 Å². The Balaban J connectivity index is 2.76. The van der Waals surface area contributed by atoms with Gasteiger partial charge >= 0.3 is 0 Å². The molecule has 0 spiro atoms. The zero-order valence-electron chi connectivity index (χ0n) is 9.31. The van der Waals surface area contributed by atoms with Crippen LogP contribution < -0.4 is 10.6 Å². The van der Waals surface area contributed by atoms with Crippen LogP contribution in [0, 0.1) is 5.92 Å². The maximum absolute atomic E-state index is 12.0. The van der Waals surface area contributed by atoms with Crippen molar-refractivity contribution in [3.8, 4) is 0 Å². The first kappa shape index (κ1) is 11.7. The van der Waals surface area contributed by atoms with Crippen molar-refractivity contribution in [2.24, 2.45) is 11.7 Å². The molecule has 0 heterocycles. The van der Waals surface area contributed by atoms with Crippen molar-refractivity contribution in [2.45, 2.75) is 13.3 Å². The molecule has 1 aromatic carbocycles. The molecule has 1 aromatic rings. The van der Waals surface area contributed by atoms with Gasteiger partial charge in [-0.1, -0.05) is 25.1 Å². The summed E-state index contributed by atoms with van der Waals surface area (Å²) in [6, 6.07) is 9.61. The van der Waals surface area contributed by atoms with Gasteiger partial charge in [0.25, 0.3) is 0 Å². The molecule has 0 bridgehead atoms. The van der Waals surface area contributed by atoms with Gasteiger partial charge in [0.1, 0.15) is 0 Å². The number of hydrogen-bond acceptors (Lipinski definition) is 2. The third-order valence-electron chi connectivity index (χ3n) is 2.60. The largest absolute Gasteiger partial charge is 0.330 e. The van der Waals surface area contributed by atoms with Gasteiger partial charge < -0.3 is 10.6 Å². The minimum Gasteiger partial charge on any atom is -0.330 e. The summed E-state index contributed by atoms with van der Waals surface area (Å²) in [4.78, 5) is 13.6. The zero-order valence-corrected chi connectivity index (χ0v) is 9.31. The second-order valence-corrected chi connectivity index (χ2v) is 3.57. The van der Waals surface area contributed by atoms with Crippen LogP contribution in [0.15, 0.2) is 30.3 Å². The molecule has 0 aliphatic carbocycles. The second-order valence-electron chi connectivity index (χ2n) is 3.57. The fourth-order valence-corrected chi connectivity index (χ4v) is 1.49. The Kier molecular flexibility index (Phi) is 4.31. The first-order valence-electron chi connectivity index (χ1n) is 5.23. The molecule has 1 atom stereocenters. The SMILES string of the molecule is CCC(CN)C(=O)N(C)c1ccccc1.